The van der Waals surface area contributed by atoms with Gasteiger partial charge in [0.05, 0.1) is 17.6 Å². The van der Waals surface area contributed by atoms with Crippen molar-refractivity contribution in [2.24, 2.45) is 0 Å². The van der Waals surface area contributed by atoms with Gasteiger partial charge >= 0.3 is 0 Å². The van der Waals surface area contributed by atoms with Gasteiger partial charge in [-0.3, -0.25) is 0 Å². The zero-order valence-corrected chi connectivity index (χ0v) is 10.8. The van der Waals surface area contributed by atoms with E-state index in [1.807, 2.05) is 6.07 Å². The average molecular weight is 271 g/mol. The lowest BCUT2D eigenvalue weighted by Gasteiger charge is -2.10. The molecule has 6 heteroatoms. The molecular weight excluding hydrogens is 254 g/mol. The van der Waals surface area contributed by atoms with Crippen LogP contribution in [0, 0.1) is 0 Å². The molecule has 0 aromatic heterocycles. The van der Waals surface area contributed by atoms with Gasteiger partial charge in [0.1, 0.15) is 0 Å². The molecule has 1 aromatic carbocycles. The largest absolute Gasteiger partial charge is 0.394 e. The van der Waals surface area contributed by atoms with Gasteiger partial charge in [-0.15, -0.1) is 0 Å². The van der Waals surface area contributed by atoms with Crippen LogP contribution in [0.5, 0.6) is 0 Å². The molecule has 0 saturated heterocycles. The predicted molar refractivity (Wildman–Crippen MR) is 66.7 cm³/mol. The smallest absolute Gasteiger partial charge is 0.240 e. The maximum Gasteiger partial charge on any atom is 0.240 e. The molecule has 5 nitrogen and oxygen atoms in total. The SMILES string of the molecule is O=S(=O)(NCC(O)CO)c1ccc2c(c1)CCC2. The molecule has 0 aliphatic heterocycles. The van der Waals surface area contributed by atoms with E-state index in [0.29, 0.717) is 0 Å². The second-order valence-electron chi connectivity index (χ2n) is 4.47. The first-order valence-electron chi connectivity index (χ1n) is 5.93. The van der Waals surface area contributed by atoms with Crippen LogP contribution in [-0.4, -0.2) is 37.9 Å². The van der Waals surface area contributed by atoms with Crippen LogP contribution in [0.15, 0.2) is 23.1 Å². The molecule has 100 valence electrons. The van der Waals surface area contributed by atoms with Crippen LogP contribution < -0.4 is 4.72 Å². The Morgan fingerprint density at radius 1 is 1.28 bits per heavy atom. The van der Waals surface area contributed by atoms with Crippen molar-refractivity contribution in [1.82, 2.24) is 4.72 Å². The summed E-state index contributed by atoms with van der Waals surface area (Å²) in [5.74, 6) is 0. The first-order valence-corrected chi connectivity index (χ1v) is 7.41. The molecule has 1 aliphatic carbocycles. The average Bonchev–Trinajstić information content (AvgIpc) is 2.83. The number of aryl methyl sites for hydroxylation is 2. The maximum absolute atomic E-state index is 11.9. The summed E-state index contributed by atoms with van der Waals surface area (Å²) in [7, 11) is -3.61. The predicted octanol–water partition coefficient (Wildman–Crippen LogP) is -0.193. The fraction of sp³-hybridized carbons (Fsp3) is 0.500. The first kappa shape index (κ1) is 13.5. The van der Waals surface area contributed by atoms with Crippen LogP contribution in [0.25, 0.3) is 0 Å². The van der Waals surface area contributed by atoms with Gasteiger partial charge in [-0.1, -0.05) is 6.07 Å². The summed E-state index contributed by atoms with van der Waals surface area (Å²) in [5.41, 5.74) is 2.30. The lowest BCUT2D eigenvalue weighted by Crippen LogP contribution is -2.33. The van der Waals surface area contributed by atoms with E-state index in [2.05, 4.69) is 4.72 Å². The van der Waals surface area contributed by atoms with Crippen LogP contribution in [0.1, 0.15) is 17.5 Å². The molecule has 1 aromatic rings. The van der Waals surface area contributed by atoms with E-state index in [0.717, 1.165) is 24.8 Å². The molecular formula is C12H17NO4S. The normalized spacial score (nSPS) is 16.6. The Balaban J connectivity index is 2.15. The minimum absolute atomic E-state index is 0.185. The lowest BCUT2D eigenvalue weighted by molar-refractivity contribution is 0.0988. The molecule has 0 amide bonds. The molecule has 0 heterocycles. The van der Waals surface area contributed by atoms with Crippen LogP contribution in [0.4, 0.5) is 0 Å². The van der Waals surface area contributed by atoms with Gasteiger partial charge in [-0.05, 0) is 42.5 Å². The Hall–Kier alpha value is -0.950. The Bertz CT molecular complexity index is 527. The molecule has 0 saturated carbocycles. The fourth-order valence-electron chi connectivity index (χ4n) is 2.07. The van der Waals surface area contributed by atoms with Gasteiger partial charge in [0.2, 0.25) is 10.0 Å². The van der Waals surface area contributed by atoms with Gasteiger partial charge in [0, 0.05) is 6.54 Å². The maximum atomic E-state index is 11.9. The highest BCUT2D eigenvalue weighted by atomic mass is 32.2. The minimum Gasteiger partial charge on any atom is -0.394 e. The van der Waals surface area contributed by atoms with Crippen molar-refractivity contribution in [3.63, 3.8) is 0 Å². The van der Waals surface area contributed by atoms with Crippen LogP contribution in [-0.2, 0) is 22.9 Å². The van der Waals surface area contributed by atoms with E-state index in [1.54, 1.807) is 12.1 Å². The molecule has 0 radical (unpaired) electrons. The van der Waals surface area contributed by atoms with E-state index in [1.165, 1.54) is 5.56 Å². The topological polar surface area (TPSA) is 86.6 Å². The number of aliphatic hydroxyl groups is 2. The van der Waals surface area contributed by atoms with E-state index >= 15 is 0 Å². The van der Waals surface area contributed by atoms with Crippen molar-refractivity contribution in [2.45, 2.75) is 30.3 Å². The van der Waals surface area contributed by atoms with E-state index in [9.17, 15) is 8.42 Å². The number of aliphatic hydroxyl groups excluding tert-OH is 2. The van der Waals surface area contributed by atoms with E-state index < -0.39 is 22.7 Å². The summed E-state index contributed by atoms with van der Waals surface area (Å²) < 4.78 is 26.2. The third kappa shape index (κ3) is 2.89. The third-order valence-electron chi connectivity index (χ3n) is 3.10. The summed E-state index contributed by atoms with van der Waals surface area (Å²) >= 11 is 0. The summed E-state index contributed by atoms with van der Waals surface area (Å²) in [6.07, 6.45) is 1.91. The second-order valence-corrected chi connectivity index (χ2v) is 6.24. The monoisotopic (exact) mass is 271 g/mol. The molecule has 1 aliphatic rings. The van der Waals surface area contributed by atoms with Gasteiger partial charge < -0.3 is 10.2 Å². The van der Waals surface area contributed by atoms with Crippen molar-refractivity contribution in [3.8, 4) is 0 Å². The van der Waals surface area contributed by atoms with E-state index in [-0.39, 0.29) is 11.4 Å². The number of sulfonamides is 1. The van der Waals surface area contributed by atoms with Gasteiger partial charge in [-0.2, -0.15) is 0 Å². The number of benzene rings is 1. The minimum atomic E-state index is -3.61. The first-order chi connectivity index (χ1) is 8.53. The molecule has 0 fully saturated rings. The summed E-state index contributed by atoms with van der Waals surface area (Å²) in [5, 5.41) is 17.8. The summed E-state index contributed by atoms with van der Waals surface area (Å²) in [6.45, 7) is -0.650. The lowest BCUT2D eigenvalue weighted by atomic mass is 10.1. The highest BCUT2D eigenvalue weighted by Gasteiger charge is 2.19. The van der Waals surface area contributed by atoms with Crippen molar-refractivity contribution in [3.05, 3.63) is 29.3 Å². The van der Waals surface area contributed by atoms with Crippen LogP contribution in [0.3, 0.4) is 0 Å². The third-order valence-corrected chi connectivity index (χ3v) is 4.52. The van der Waals surface area contributed by atoms with E-state index in [4.69, 9.17) is 10.2 Å². The number of hydrogen-bond acceptors (Lipinski definition) is 4. The summed E-state index contributed by atoms with van der Waals surface area (Å²) in [4.78, 5) is 0.216. The van der Waals surface area contributed by atoms with Gasteiger partial charge in [0.15, 0.2) is 0 Å². The molecule has 18 heavy (non-hydrogen) atoms. The summed E-state index contributed by atoms with van der Waals surface area (Å²) in [6, 6.07) is 5.12. The van der Waals surface area contributed by atoms with Crippen molar-refractivity contribution in [1.29, 1.82) is 0 Å². The molecule has 0 bridgehead atoms. The highest BCUT2D eigenvalue weighted by Crippen LogP contribution is 2.24. The zero-order chi connectivity index (χ0) is 13.2. The Labute approximate surface area is 107 Å². The number of fused-ring (bicyclic) bond motifs is 1. The quantitative estimate of drug-likeness (QED) is 0.692. The van der Waals surface area contributed by atoms with Gasteiger partial charge in [-0.25, -0.2) is 13.1 Å². The van der Waals surface area contributed by atoms with Crippen molar-refractivity contribution >= 4 is 10.0 Å². The van der Waals surface area contributed by atoms with Gasteiger partial charge in [0.25, 0.3) is 0 Å². The molecule has 1 atom stereocenters. The molecule has 0 spiro atoms. The second kappa shape index (κ2) is 5.36. The number of nitrogens with one attached hydrogen (secondary N) is 1. The molecule has 1 unspecified atom stereocenters. The number of hydrogen-bond donors (Lipinski definition) is 3. The van der Waals surface area contributed by atoms with Crippen molar-refractivity contribution in [2.75, 3.05) is 13.2 Å². The van der Waals surface area contributed by atoms with Crippen molar-refractivity contribution < 1.29 is 18.6 Å². The van der Waals surface area contributed by atoms with Crippen LogP contribution >= 0.6 is 0 Å². The Morgan fingerprint density at radius 2 is 2.00 bits per heavy atom. The Morgan fingerprint density at radius 3 is 2.72 bits per heavy atom. The Kier molecular flexibility index (Phi) is 4.01. The van der Waals surface area contributed by atoms with Crippen LogP contribution in [0.2, 0.25) is 0 Å². The fourth-order valence-corrected chi connectivity index (χ4v) is 3.19. The highest BCUT2D eigenvalue weighted by molar-refractivity contribution is 7.89. The number of rotatable bonds is 5. The molecule has 3 N–H and O–H groups in total. The zero-order valence-electron chi connectivity index (χ0n) is 9.96. The molecule has 2 rings (SSSR count). The standard InChI is InChI=1S/C12H17NO4S/c14-8-11(15)7-13-18(16,17)12-5-4-9-2-1-3-10(9)6-12/h4-6,11,13-15H,1-3,7-8H2.